The first kappa shape index (κ1) is 26.4. The number of rotatable bonds is 11. The summed E-state index contributed by atoms with van der Waals surface area (Å²) < 4.78 is 39.5. The molecule has 0 saturated heterocycles. The van der Waals surface area contributed by atoms with Crippen molar-refractivity contribution in [3.8, 4) is 11.5 Å². The zero-order valence-corrected chi connectivity index (χ0v) is 21.5. The van der Waals surface area contributed by atoms with E-state index in [1.807, 2.05) is 38.1 Å². The number of halogens is 1. The van der Waals surface area contributed by atoms with Crippen LogP contribution in [0.2, 0.25) is 5.02 Å². The lowest BCUT2D eigenvalue weighted by molar-refractivity contribution is -0.119. The lowest BCUT2D eigenvalue weighted by atomic mass is 10.2. The first-order chi connectivity index (χ1) is 16.7. The highest BCUT2D eigenvalue weighted by Crippen LogP contribution is 2.32. The summed E-state index contributed by atoms with van der Waals surface area (Å²) in [5, 5.41) is 3.21. The smallest absolute Gasteiger partial charge is 0.264 e. The molecule has 1 amide bonds. The molecule has 0 saturated carbocycles. The Labute approximate surface area is 211 Å². The monoisotopic (exact) mass is 516 g/mol. The largest absolute Gasteiger partial charge is 0.492 e. The molecule has 3 aromatic rings. The van der Waals surface area contributed by atoms with Gasteiger partial charge in [0, 0.05) is 11.6 Å². The van der Waals surface area contributed by atoms with E-state index in [1.165, 1.54) is 24.3 Å². The van der Waals surface area contributed by atoms with Gasteiger partial charge >= 0.3 is 0 Å². The number of carbonyl (C=O) groups is 1. The second-order valence-electron chi connectivity index (χ2n) is 7.95. The molecule has 0 radical (unpaired) electrons. The summed E-state index contributed by atoms with van der Waals surface area (Å²) in [4.78, 5) is 12.9. The molecule has 0 unspecified atom stereocenters. The summed E-state index contributed by atoms with van der Waals surface area (Å²) in [5.41, 5.74) is 1.13. The molecule has 35 heavy (non-hydrogen) atoms. The zero-order valence-electron chi connectivity index (χ0n) is 19.9. The number of carbonyl (C=O) groups excluding carboxylic acids is 1. The van der Waals surface area contributed by atoms with Crippen molar-refractivity contribution in [2.24, 2.45) is 0 Å². The van der Waals surface area contributed by atoms with Gasteiger partial charge in [-0.25, -0.2) is 8.42 Å². The van der Waals surface area contributed by atoms with Crippen LogP contribution in [0.25, 0.3) is 0 Å². The summed E-state index contributed by atoms with van der Waals surface area (Å²) in [6.07, 6.45) is 0.0636. The molecule has 0 heterocycles. The van der Waals surface area contributed by atoms with Gasteiger partial charge < -0.3 is 14.8 Å². The van der Waals surface area contributed by atoms with Crippen LogP contribution in [-0.4, -0.2) is 33.6 Å². The Balaban J connectivity index is 1.83. The molecule has 0 bridgehead atoms. The van der Waals surface area contributed by atoms with Gasteiger partial charge in [-0.05, 0) is 74.9 Å². The molecule has 9 heteroatoms. The van der Waals surface area contributed by atoms with Crippen molar-refractivity contribution in [3.63, 3.8) is 0 Å². The standard InChI is InChI=1S/C26H29ClN2O5S/c1-4-33-25-8-6-5-7-24(25)29(35(31,32)23-15-11-21(27)12-16-23)18-26(30)28-17-20-9-13-22(14-10-20)34-19(2)3/h5-16,19H,4,17-18H2,1-3H3,(H,28,30). The molecule has 7 nitrogen and oxygen atoms in total. The second-order valence-corrected chi connectivity index (χ2v) is 10.3. The summed E-state index contributed by atoms with van der Waals surface area (Å²) in [6, 6.07) is 19.9. The minimum Gasteiger partial charge on any atom is -0.492 e. The molecular weight excluding hydrogens is 488 g/mol. The molecule has 1 N–H and O–H groups in total. The van der Waals surface area contributed by atoms with E-state index in [-0.39, 0.29) is 23.2 Å². The quantitative estimate of drug-likeness (QED) is 0.386. The highest BCUT2D eigenvalue weighted by molar-refractivity contribution is 7.92. The first-order valence-electron chi connectivity index (χ1n) is 11.2. The van der Waals surface area contributed by atoms with Crippen molar-refractivity contribution in [1.29, 1.82) is 0 Å². The Morgan fingerprint density at radius 3 is 2.29 bits per heavy atom. The van der Waals surface area contributed by atoms with Gasteiger partial charge in [0.2, 0.25) is 5.91 Å². The third-order valence-corrected chi connectivity index (χ3v) is 6.93. The maximum Gasteiger partial charge on any atom is 0.264 e. The average molecular weight is 517 g/mol. The number of hydrogen-bond acceptors (Lipinski definition) is 5. The van der Waals surface area contributed by atoms with Crippen LogP contribution in [0, 0.1) is 0 Å². The van der Waals surface area contributed by atoms with E-state index < -0.39 is 22.5 Å². The van der Waals surface area contributed by atoms with Crippen molar-refractivity contribution >= 4 is 33.2 Å². The van der Waals surface area contributed by atoms with E-state index in [1.54, 1.807) is 31.2 Å². The summed E-state index contributed by atoms with van der Waals surface area (Å²) in [7, 11) is -4.09. The van der Waals surface area contributed by atoms with E-state index in [4.69, 9.17) is 21.1 Å². The topological polar surface area (TPSA) is 84.9 Å². The van der Waals surface area contributed by atoms with Crippen molar-refractivity contribution in [2.45, 2.75) is 38.3 Å². The van der Waals surface area contributed by atoms with E-state index in [9.17, 15) is 13.2 Å². The molecule has 0 aliphatic carbocycles. The van der Waals surface area contributed by atoms with Gasteiger partial charge in [0.1, 0.15) is 18.0 Å². The predicted octanol–water partition coefficient (Wildman–Crippen LogP) is 5.04. The normalized spacial score (nSPS) is 11.2. The molecule has 0 aliphatic rings. The van der Waals surface area contributed by atoms with Crippen LogP contribution < -0.4 is 19.1 Å². The molecule has 0 fully saturated rings. The molecule has 3 aromatic carbocycles. The fourth-order valence-electron chi connectivity index (χ4n) is 3.32. The molecule has 186 valence electrons. The lowest BCUT2D eigenvalue weighted by Gasteiger charge is -2.26. The van der Waals surface area contributed by atoms with Gasteiger partial charge in [-0.15, -0.1) is 0 Å². The number of hydrogen-bond donors (Lipinski definition) is 1. The summed E-state index contributed by atoms with van der Waals surface area (Å²) in [5.74, 6) is 0.639. The van der Waals surface area contributed by atoms with Crippen LogP contribution in [0.4, 0.5) is 5.69 Å². The molecule has 0 aromatic heterocycles. The third-order valence-electron chi connectivity index (χ3n) is 4.91. The second kappa shape index (κ2) is 12.0. The first-order valence-corrected chi connectivity index (χ1v) is 13.0. The van der Waals surface area contributed by atoms with Crippen LogP contribution in [0.15, 0.2) is 77.7 Å². The maximum absolute atomic E-state index is 13.6. The van der Waals surface area contributed by atoms with E-state index in [0.717, 1.165) is 15.6 Å². The number of anilines is 1. The fraction of sp³-hybridized carbons (Fsp3) is 0.269. The minimum atomic E-state index is -4.09. The van der Waals surface area contributed by atoms with Crippen LogP contribution >= 0.6 is 11.6 Å². The Morgan fingerprint density at radius 2 is 1.66 bits per heavy atom. The Morgan fingerprint density at radius 1 is 1.00 bits per heavy atom. The Hall–Kier alpha value is -3.23. The molecule has 3 rings (SSSR count). The number of nitrogens with one attached hydrogen (secondary N) is 1. The average Bonchev–Trinajstić information content (AvgIpc) is 2.83. The number of benzene rings is 3. The van der Waals surface area contributed by atoms with Gasteiger partial charge in [-0.2, -0.15) is 0 Å². The number of amides is 1. The fourth-order valence-corrected chi connectivity index (χ4v) is 4.88. The van der Waals surface area contributed by atoms with E-state index >= 15 is 0 Å². The lowest BCUT2D eigenvalue weighted by Crippen LogP contribution is -2.40. The van der Waals surface area contributed by atoms with Crippen LogP contribution in [0.5, 0.6) is 11.5 Å². The third kappa shape index (κ3) is 7.13. The van der Waals surface area contributed by atoms with Crippen molar-refractivity contribution in [2.75, 3.05) is 17.5 Å². The summed E-state index contributed by atoms with van der Waals surface area (Å²) >= 11 is 5.94. The zero-order chi connectivity index (χ0) is 25.4. The number of nitrogens with zero attached hydrogens (tertiary/aromatic N) is 1. The SMILES string of the molecule is CCOc1ccccc1N(CC(=O)NCc1ccc(OC(C)C)cc1)S(=O)(=O)c1ccc(Cl)cc1. The van der Waals surface area contributed by atoms with Gasteiger partial charge in [0.05, 0.1) is 23.3 Å². The number of para-hydroxylation sites is 2. The Kier molecular flexibility index (Phi) is 9.01. The predicted molar refractivity (Wildman–Crippen MR) is 138 cm³/mol. The van der Waals surface area contributed by atoms with Crippen molar-refractivity contribution in [1.82, 2.24) is 5.32 Å². The Bertz CT molecular complexity index is 1230. The van der Waals surface area contributed by atoms with Crippen molar-refractivity contribution < 1.29 is 22.7 Å². The summed E-state index contributed by atoms with van der Waals surface area (Å²) in [6.45, 7) is 5.85. The van der Waals surface area contributed by atoms with E-state index in [2.05, 4.69) is 5.32 Å². The molecule has 0 aliphatic heterocycles. The van der Waals surface area contributed by atoms with Gasteiger partial charge in [-0.1, -0.05) is 35.9 Å². The van der Waals surface area contributed by atoms with Crippen molar-refractivity contribution in [3.05, 3.63) is 83.4 Å². The van der Waals surface area contributed by atoms with E-state index in [0.29, 0.717) is 17.4 Å². The van der Waals surface area contributed by atoms with Crippen LogP contribution in [0.1, 0.15) is 26.3 Å². The highest BCUT2D eigenvalue weighted by Gasteiger charge is 2.29. The highest BCUT2D eigenvalue weighted by atomic mass is 35.5. The van der Waals surface area contributed by atoms with Gasteiger partial charge in [0.25, 0.3) is 10.0 Å². The van der Waals surface area contributed by atoms with Crippen LogP contribution in [0.3, 0.4) is 0 Å². The number of sulfonamides is 1. The number of ether oxygens (including phenoxy) is 2. The molecular formula is C26H29ClN2O5S. The molecule has 0 spiro atoms. The van der Waals surface area contributed by atoms with Gasteiger partial charge in [0.15, 0.2) is 0 Å². The molecule has 0 atom stereocenters. The minimum absolute atomic E-state index is 0.0155. The van der Waals surface area contributed by atoms with Gasteiger partial charge in [-0.3, -0.25) is 9.10 Å². The van der Waals surface area contributed by atoms with Crippen LogP contribution in [-0.2, 0) is 21.4 Å². The maximum atomic E-state index is 13.6.